The van der Waals surface area contributed by atoms with E-state index >= 15 is 0 Å². The number of aryl methyl sites for hydroxylation is 1. The van der Waals surface area contributed by atoms with Gasteiger partial charge in [-0.1, -0.05) is 13.3 Å². The number of halogens is 2. The Hall–Kier alpha value is -0.480. The summed E-state index contributed by atoms with van der Waals surface area (Å²) >= 11 is 1.42. The summed E-state index contributed by atoms with van der Waals surface area (Å²) in [5.74, 6) is -2.69. The lowest BCUT2D eigenvalue weighted by atomic mass is 10.2. The first-order chi connectivity index (χ1) is 6.49. The van der Waals surface area contributed by atoms with Gasteiger partial charge in [-0.2, -0.15) is 0 Å². The molecular formula is C10H13F2NS. The van der Waals surface area contributed by atoms with Crippen LogP contribution in [0, 0.1) is 0 Å². The Morgan fingerprint density at radius 3 is 2.64 bits per heavy atom. The third-order valence-electron chi connectivity index (χ3n) is 2.63. The number of thiophene rings is 1. The average Bonchev–Trinajstić information content (AvgIpc) is 2.51. The van der Waals surface area contributed by atoms with Gasteiger partial charge in [0.05, 0.1) is 0 Å². The first-order valence-corrected chi connectivity index (χ1v) is 5.57. The van der Waals surface area contributed by atoms with E-state index in [0.717, 1.165) is 17.7 Å². The number of hydrogen-bond acceptors (Lipinski definition) is 2. The van der Waals surface area contributed by atoms with Gasteiger partial charge in [0.25, 0.3) is 5.92 Å². The van der Waals surface area contributed by atoms with Crippen molar-refractivity contribution in [2.75, 3.05) is 0 Å². The zero-order chi connectivity index (χ0) is 10.4. The topological polar surface area (TPSA) is 26.0 Å². The molecule has 78 valence electrons. The molecule has 0 aliphatic heterocycles. The zero-order valence-electron chi connectivity index (χ0n) is 8.02. The molecule has 1 aliphatic rings. The Morgan fingerprint density at radius 2 is 2.14 bits per heavy atom. The maximum absolute atomic E-state index is 12.9. The molecule has 14 heavy (non-hydrogen) atoms. The SMILES string of the molecule is CCCc1ccc(C2(N)CC2(F)F)s1. The van der Waals surface area contributed by atoms with Crippen molar-refractivity contribution < 1.29 is 8.78 Å². The van der Waals surface area contributed by atoms with Crippen LogP contribution >= 0.6 is 11.3 Å². The molecule has 0 saturated heterocycles. The van der Waals surface area contributed by atoms with Crippen molar-refractivity contribution in [1.82, 2.24) is 0 Å². The fraction of sp³-hybridized carbons (Fsp3) is 0.600. The third kappa shape index (κ3) is 1.37. The summed E-state index contributed by atoms with van der Waals surface area (Å²) < 4.78 is 25.9. The van der Waals surface area contributed by atoms with Crippen molar-refractivity contribution >= 4 is 11.3 Å². The van der Waals surface area contributed by atoms with E-state index in [0.29, 0.717) is 4.88 Å². The first-order valence-electron chi connectivity index (χ1n) is 4.75. The summed E-state index contributed by atoms with van der Waals surface area (Å²) in [4.78, 5) is 1.78. The van der Waals surface area contributed by atoms with Crippen LogP contribution in [0.1, 0.15) is 29.5 Å². The van der Waals surface area contributed by atoms with Gasteiger partial charge in [-0.25, -0.2) is 8.78 Å². The predicted molar refractivity (Wildman–Crippen MR) is 53.7 cm³/mol. The highest BCUT2D eigenvalue weighted by atomic mass is 32.1. The van der Waals surface area contributed by atoms with Crippen LogP contribution in [-0.4, -0.2) is 5.92 Å². The normalized spacial score (nSPS) is 29.1. The fourth-order valence-corrected chi connectivity index (χ4v) is 2.84. The third-order valence-corrected chi connectivity index (χ3v) is 3.95. The van der Waals surface area contributed by atoms with E-state index < -0.39 is 11.5 Å². The second-order valence-electron chi connectivity index (χ2n) is 3.87. The molecular weight excluding hydrogens is 204 g/mol. The van der Waals surface area contributed by atoms with Crippen LogP contribution in [0.25, 0.3) is 0 Å². The number of alkyl halides is 2. The van der Waals surface area contributed by atoms with Gasteiger partial charge in [-0.3, -0.25) is 0 Å². The molecule has 0 amide bonds. The van der Waals surface area contributed by atoms with Crippen LogP contribution in [-0.2, 0) is 12.0 Å². The molecule has 1 aromatic heterocycles. The summed E-state index contributed by atoms with van der Waals surface area (Å²) in [6.07, 6.45) is 1.78. The van der Waals surface area contributed by atoms with Gasteiger partial charge in [0.15, 0.2) is 0 Å². The van der Waals surface area contributed by atoms with E-state index in [2.05, 4.69) is 6.92 Å². The molecule has 4 heteroatoms. The Kier molecular flexibility index (Phi) is 2.16. The van der Waals surface area contributed by atoms with E-state index in [-0.39, 0.29) is 6.42 Å². The highest BCUT2D eigenvalue weighted by Crippen LogP contribution is 2.58. The minimum atomic E-state index is -2.69. The van der Waals surface area contributed by atoms with Gasteiger partial charge in [0.2, 0.25) is 0 Å². The molecule has 1 fully saturated rings. The molecule has 1 nitrogen and oxygen atoms in total. The Labute approximate surface area is 85.9 Å². The van der Waals surface area contributed by atoms with Crippen LogP contribution in [0.4, 0.5) is 8.78 Å². The van der Waals surface area contributed by atoms with Crippen LogP contribution in [0.15, 0.2) is 12.1 Å². The van der Waals surface area contributed by atoms with Crippen molar-refractivity contribution in [3.05, 3.63) is 21.9 Å². The molecule has 2 rings (SSSR count). The molecule has 1 aromatic rings. The highest BCUT2D eigenvalue weighted by molar-refractivity contribution is 7.12. The Bertz CT molecular complexity index is 348. The van der Waals surface area contributed by atoms with Gasteiger partial charge in [0, 0.05) is 16.2 Å². The number of hydrogen-bond donors (Lipinski definition) is 1. The lowest BCUT2D eigenvalue weighted by molar-refractivity contribution is 0.0899. The smallest absolute Gasteiger partial charge is 0.273 e. The van der Waals surface area contributed by atoms with Gasteiger partial charge < -0.3 is 5.73 Å². The highest BCUT2D eigenvalue weighted by Gasteiger charge is 2.70. The molecule has 1 aliphatic carbocycles. The second kappa shape index (κ2) is 3.00. The van der Waals surface area contributed by atoms with E-state index in [1.807, 2.05) is 6.07 Å². The number of rotatable bonds is 3. The van der Waals surface area contributed by atoms with Gasteiger partial charge in [-0.15, -0.1) is 11.3 Å². The lowest BCUT2D eigenvalue weighted by Gasteiger charge is -2.06. The summed E-state index contributed by atoms with van der Waals surface area (Å²) in [5, 5.41) is 0. The summed E-state index contributed by atoms with van der Waals surface area (Å²) in [6, 6.07) is 3.66. The first kappa shape index (κ1) is 10.1. The van der Waals surface area contributed by atoms with Crippen LogP contribution in [0.3, 0.4) is 0 Å². The van der Waals surface area contributed by atoms with Crippen LogP contribution in [0.5, 0.6) is 0 Å². The van der Waals surface area contributed by atoms with Gasteiger partial charge >= 0.3 is 0 Å². The summed E-state index contributed by atoms with van der Waals surface area (Å²) in [7, 11) is 0. The van der Waals surface area contributed by atoms with Crippen molar-refractivity contribution in [2.45, 2.75) is 37.6 Å². The molecule has 1 heterocycles. The van der Waals surface area contributed by atoms with Crippen molar-refractivity contribution in [1.29, 1.82) is 0 Å². The van der Waals surface area contributed by atoms with E-state index in [1.54, 1.807) is 6.07 Å². The lowest BCUT2D eigenvalue weighted by Crippen LogP contribution is -2.25. The van der Waals surface area contributed by atoms with Crippen molar-refractivity contribution in [2.24, 2.45) is 5.73 Å². The van der Waals surface area contributed by atoms with E-state index in [4.69, 9.17) is 5.73 Å². The van der Waals surface area contributed by atoms with Crippen molar-refractivity contribution in [3.63, 3.8) is 0 Å². The molecule has 0 radical (unpaired) electrons. The van der Waals surface area contributed by atoms with E-state index in [9.17, 15) is 8.78 Å². The Balaban J connectivity index is 2.19. The summed E-state index contributed by atoms with van der Waals surface area (Å²) in [6.45, 7) is 2.07. The van der Waals surface area contributed by atoms with Gasteiger partial charge in [0.1, 0.15) is 5.54 Å². The summed E-state index contributed by atoms with van der Waals surface area (Å²) in [5.41, 5.74) is 4.26. The molecule has 0 bridgehead atoms. The fourth-order valence-electron chi connectivity index (χ4n) is 1.57. The zero-order valence-corrected chi connectivity index (χ0v) is 8.83. The van der Waals surface area contributed by atoms with Gasteiger partial charge in [-0.05, 0) is 18.6 Å². The monoisotopic (exact) mass is 217 g/mol. The van der Waals surface area contributed by atoms with Crippen LogP contribution < -0.4 is 5.73 Å². The minimum Gasteiger partial charge on any atom is -0.316 e. The van der Waals surface area contributed by atoms with E-state index in [1.165, 1.54) is 11.3 Å². The molecule has 1 atom stereocenters. The van der Waals surface area contributed by atoms with Crippen molar-refractivity contribution in [3.8, 4) is 0 Å². The second-order valence-corrected chi connectivity index (χ2v) is 5.04. The predicted octanol–water partition coefficient (Wildman–Crippen LogP) is 2.89. The average molecular weight is 217 g/mol. The van der Waals surface area contributed by atoms with Crippen LogP contribution in [0.2, 0.25) is 0 Å². The minimum absolute atomic E-state index is 0.202. The molecule has 1 saturated carbocycles. The molecule has 0 spiro atoms. The molecule has 0 aromatic carbocycles. The molecule has 1 unspecified atom stereocenters. The Morgan fingerprint density at radius 1 is 1.50 bits per heavy atom. The standard InChI is InChI=1S/C10H13F2NS/c1-2-3-7-4-5-8(14-7)9(13)6-10(9,11)12/h4-5H,2-3,6,13H2,1H3. The maximum Gasteiger partial charge on any atom is 0.273 e. The number of nitrogens with two attached hydrogens (primary N) is 1. The molecule has 2 N–H and O–H groups in total. The maximum atomic E-state index is 12.9. The quantitative estimate of drug-likeness (QED) is 0.827. The largest absolute Gasteiger partial charge is 0.316 e.